The highest BCUT2D eigenvalue weighted by atomic mass is 19.2. The van der Waals surface area contributed by atoms with Crippen LogP contribution in [0.5, 0.6) is 0 Å². The molecule has 1 aliphatic rings. The Morgan fingerprint density at radius 1 is 1.44 bits per heavy atom. The van der Waals surface area contributed by atoms with Crippen molar-refractivity contribution in [2.75, 3.05) is 13.1 Å². The molecule has 0 N–H and O–H groups in total. The van der Waals surface area contributed by atoms with Gasteiger partial charge in [0, 0.05) is 19.0 Å². The summed E-state index contributed by atoms with van der Waals surface area (Å²) in [5.41, 5.74) is 0. The van der Waals surface area contributed by atoms with Crippen molar-refractivity contribution in [2.45, 2.75) is 12.8 Å². The zero-order valence-corrected chi connectivity index (χ0v) is 5.22. The highest BCUT2D eigenvalue weighted by molar-refractivity contribution is 5.53. The van der Waals surface area contributed by atoms with Crippen molar-refractivity contribution >= 4 is 6.29 Å². The van der Waals surface area contributed by atoms with E-state index in [1.807, 2.05) is 0 Å². The van der Waals surface area contributed by atoms with Crippen molar-refractivity contribution in [3.05, 3.63) is 0 Å². The summed E-state index contributed by atoms with van der Waals surface area (Å²) in [4.78, 5) is 10.1. The second-order valence-corrected chi connectivity index (χ2v) is 2.38. The van der Waals surface area contributed by atoms with Gasteiger partial charge >= 0.3 is 0 Å². The molecule has 1 heterocycles. The number of carbonyl (C=O) groups is 1. The molecule has 1 rings (SSSR count). The number of halogens is 1. The van der Waals surface area contributed by atoms with Crippen LogP contribution in [-0.2, 0) is 4.79 Å². The van der Waals surface area contributed by atoms with Crippen molar-refractivity contribution in [1.29, 1.82) is 0 Å². The number of aldehydes is 1. The van der Waals surface area contributed by atoms with Crippen molar-refractivity contribution in [1.82, 2.24) is 5.12 Å². The van der Waals surface area contributed by atoms with Crippen LogP contribution in [-0.4, -0.2) is 24.5 Å². The molecule has 52 valence electrons. The molecule has 3 heteroatoms. The summed E-state index contributed by atoms with van der Waals surface area (Å²) >= 11 is 0. The van der Waals surface area contributed by atoms with Crippen LogP contribution in [0.15, 0.2) is 0 Å². The number of rotatable bonds is 1. The van der Waals surface area contributed by atoms with Crippen molar-refractivity contribution in [3.63, 3.8) is 0 Å². The largest absolute Gasteiger partial charge is 0.303 e. The molecule has 0 spiro atoms. The molecule has 0 aromatic rings. The molecule has 0 radical (unpaired) electrons. The molecule has 9 heavy (non-hydrogen) atoms. The van der Waals surface area contributed by atoms with E-state index in [1.54, 1.807) is 0 Å². The molecule has 0 aromatic heterocycles. The van der Waals surface area contributed by atoms with E-state index in [9.17, 15) is 9.28 Å². The van der Waals surface area contributed by atoms with Gasteiger partial charge < -0.3 is 4.79 Å². The lowest BCUT2D eigenvalue weighted by Crippen LogP contribution is -2.27. The highest BCUT2D eigenvalue weighted by Crippen LogP contribution is 2.14. The molecule has 0 atom stereocenters. The van der Waals surface area contributed by atoms with Crippen molar-refractivity contribution in [3.8, 4) is 0 Å². The molecular formula is C6H10FNO. The molecule has 0 aromatic carbocycles. The Balaban J connectivity index is 2.26. The topological polar surface area (TPSA) is 20.3 Å². The zero-order valence-electron chi connectivity index (χ0n) is 5.22. The number of piperidine rings is 1. The molecular weight excluding hydrogens is 121 g/mol. The SMILES string of the molecule is O=CC1CCN(F)CC1. The Labute approximate surface area is 53.6 Å². The summed E-state index contributed by atoms with van der Waals surface area (Å²) in [7, 11) is 0. The van der Waals surface area contributed by atoms with Gasteiger partial charge in [0.2, 0.25) is 0 Å². The lowest BCUT2D eigenvalue weighted by Gasteiger charge is -2.21. The van der Waals surface area contributed by atoms with Crippen LogP contribution in [0.1, 0.15) is 12.8 Å². The minimum absolute atomic E-state index is 0.108. The van der Waals surface area contributed by atoms with Gasteiger partial charge in [-0.3, -0.25) is 0 Å². The van der Waals surface area contributed by atoms with Crippen LogP contribution in [0.25, 0.3) is 0 Å². The monoisotopic (exact) mass is 131 g/mol. The van der Waals surface area contributed by atoms with Gasteiger partial charge in [-0.1, -0.05) is 0 Å². The molecule has 1 fully saturated rings. The van der Waals surface area contributed by atoms with Gasteiger partial charge in [-0.05, 0) is 12.8 Å². The van der Waals surface area contributed by atoms with E-state index in [2.05, 4.69) is 0 Å². The van der Waals surface area contributed by atoms with Gasteiger partial charge in [-0.15, -0.1) is 9.60 Å². The Morgan fingerprint density at radius 2 is 2.00 bits per heavy atom. The van der Waals surface area contributed by atoms with Crippen LogP contribution < -0.4 is 0 Å². The Kier molecular flexibility index (Phi) is 2.16. The lowest BCUT2D eigenvalue weighted by atomic mass is 10.0. The fourth-order valence-electron chi connectivity index (χ4n) is 1.00. The predicted molar refractivity (Wildman–Crippen MR) is 31.5 cm³/mol. The number of hydrogen-bond donors (Lipinski definition) is 0. The van der Waals surface area contributed by atoms with E-state index in [0.29, 0.717) is 25.9 Å². The quantitative estimate of drug-likeness (QED) is 0.387. The van der Waals surface area contributed by atoms with Gasteiger partial charge in [0.1, 0.15) is 6.29 Å². The summed E-state index contributed by atoms with van der Waals surface area (Å²) in [6.07, 6.45) is 2.28. The van der Waals surface area contributed by atoms with E-state index < -0.39 is 0 Å². The molecule has 0 saturated carbocycles. The molecule has 0 bridgehead atoms. The minimum atomic E-state index is 0.108. The summed E-state index contributed by atoms with van der Waals surface area (Å²) in [6, 6.07) is 0. The minimum Gasteiger partial charge on any atom is -0.303 e. The van der Waals surface area contributed by atoms with E-state index in [0.717, 1.165) is 11.4 Å². The molecule has 0 unspecified atom stereocenters. The maximum absolute atomic E-state index is 12.2. The molecule has 1 aliphatic heterocycles. The first-order valence-electron chi connectivity index (χ1n) is 3.19. The summed E-state index contributed by atoms with van der Waals surface area (Å²) in [5.74, 6) is 0.108. The van der Waals surface area contributed by atoms with Gasteiger partial charge in [0.15, 0.2) is 0 Å². The van der Waals surface area contributed by atoms with Crippen LogP contribution in [0.2, 0.25) is 0 Å². The van der Waals surface area contributed by atoms with Crippen molar-refractivity contribution < 1.29 is 9.28 Å². The fraction of sp³-hybridized carbons (Fsp3) is 0.833. The van der Waals surface area contributed by atoms with Gasteiger partial charge in [0.05, 0.1) is 0 Å². The van der Waals surface area contributed by atoms with E-state index in [4.69, 9.17) is 0 Å². The molecule has 0 amide bonds. The Hall–Kier alpha value is -0.440. The first kappa shape index (κ1) is 6.68. The average molecular weight is 131 g/mol. The van der Waals surface area contributed by atoms with Crippen LogP contribution in [0, 0.1) is 5.92 Å². The third-order valence-electron chi connectivity index (χ3n) is 1.68. The summed E-state index contributed by atoms with van der Waals surface area (Å²) in [5, 5.41) is 0.764. The van der Waals surface area contributed by atoms with E-state index in [1.165, 1.54) is 0 Å². The Morgan fingerprint density at radius 3 is 2.44 bits per heavy atom. The summed E-state index contributed by atoms with van der Waals surface area (Å²) in [6.45, 7) is 0.840. The van der Waals surface area contributed by atoms with Gasteiger partial charge in [0.25, 0.3) is 0 Å². The Bertz CT molecular complexity index is 99.2. The maximum Gasteiger partial charge on any atom is 0.123 e. The first-order chi connectivity index (χ1) is 4.33. The first-order valence-corrected chi connectivity index (χ1v) is 3.19. The molecule has 2 nitrogen and oxygen atoms in total. The molecule has 1 saturated heterocycles. The van der Waals surface area contributed by atoms with Crippen molar-refractivity contribution in [2.24, 2.45) is 5.92 Å². The second kappa shape index (κ2) is 2.92. The van der Waals surface area contributed by atoms with Crippen LogP contribution in [0.3, 0.4) is 0 Å². The number of nitrogens with zero attached hydrogens (tertiary/aromatic N) is 1. The third kappa shape index (κ3) is 1.75. The third-order valence-corrected chi connectivity index (χ3v) is 1.68. The normalized spacial score (nSPS) is 24.1. The van der Waals surface area contributed by atoms with Gasteiger partial charge in [-0.2, -0.15) is 0 Å². The molecule has 0 aliphatic carbocycles. The maximum atomic E-state index is 12.2. The fourth-order valence-corrected chi connectivity index (χ4v) is 1.00. The van der Waals surface area contributed by atoms with Crippen LogP contribution in [0.4, 0.5) is 4.48 Å². The van der Waals surface area contributed by atoms with Crippen LogP contribution >= 0.6 is 0 Å². The number of hydrogen-bond acceptors (Lipinski definition) is 2. The highest BCUT2D eigenvalue weighted by Gasteiger charge is 2.17. The van der Waals surface area contributed by atoms with E-state index >= 15 is 0 Å². The predicted octanol–water partition coefficient (Wildman–Crippen LogP) is 0.782. The number of carbonyl (C=O) groups excluding carboxylic acids is 1. The van der Waals surface area contributed by atoms with E-state index in [-0.39, 0.29) is 5.92 Å². The summed E-state index contributed by atoms with van der Waals surface area (Å²) < 4.78 is 12.2. The van der Waals surface area contributed by atoms with Gasteiger partial charge in [-0.25, -0.2) is 0 Å². The lowest BCUT2D eigenvalue weighted by molar-refractivity contribution is -0.114. The second-order valence-electron chi connectivity index (χ2n) is 2.38. The zero-order chi connectivity index (χ0) is 6.69. The average Bonchev–Trinajstić information content (AvgIpc) is 1.90. The standard InChI is InChI=1S/C6H10FNO/c7-8-3-1-6(5-9)2-4-8/h5-6H,1-4H2. The smallest absolute Gasteiger partial charge is 0.123 e.